The van der Waals surface area contributed by atoms with Crippen molar-refractivity contribution in [2.24, 2.45) is 0 Å². The molecule has 0 spiro atoms. The van der Waals surface area contributed by atoms with Crippen LogP contribution in [-0.4, -0.2) is 48.8 Å². The van der Waals surface area contributed by atoms with Gasteiger partial charge in [-0.25, -0.2) is 9.97 Å². The topological polar surface area (TPSA) is 76.6 Å². The van der Waals surface area contributed by atoms with E-state index in [1.807, 2.05) is 19.1 Å². The van der Waals surface area contributed by atoms with Crippen molar-refractivity contribution in [3.05, 3.63) is 47.8 Å². The molecule has 25 heavy (non-hydrogen) atoms. The SMILES string of the molecule is CCOc1ncccc1C(=O)NCc1ccnc(N2CCOCC2)c1. The molecular weight excluding hydrogens is 320 g/mol. The summed E-state index contributed by atoms with van der Waals surface area (Å²) in [6.07, 6.45) is 3.38. The van der Waals surface area contributed by atoms with Crippen LogP contribution in [0.5, 0.6) is 5.88 Å². The van der Waals surface area contributed by atoms with Crippen molar-refractivity contribution in [2.45, 2.75) is 13.5 Å². The van der Waals surface area contributed by atoms with Gasteiger partial charge in [-0.2, -0.15) is 0 Å². The molecule has 0 bridgehead atoms. The summed E-state index contributed by atoms with van der Waals surface area (Å²) in [7, 11) is 0. The van der Waals surface area contributed by atoms with Gasteiger partial charge in [0.25, 0.3) is 5.91 Å². The van der Waals surface area contributed by atoms with E-state index in [0.29, 0.717) is 37.8 Å². The third-order valence-corrected chi connectivity index (χ3v) is 3.89. The van der Waals surface area contributed by atoms with Crippen molar-refractivity contribution in [3.63, 3.8) is 0 Å². The predicted molar refractivity (Wildman–Crippen MR) is 93.8 cm³/mol. The molecule has 2 aromatic rings. The van der Waals surface area contributed by atoms with Gasteiger partial charge in [-0.3, -0.25) is 4.79 Å². The molecule has 132 valence electrons. The predicted octanol–water partition coefficient (Wildman–Crippen LogP) is 1.64. The summed E-state index contributed by atoms with van der Waals surface area (Å²) in [6.45, 7) is 5.82. The first kappa shape index (κ1) is 17.2. The second-order valence-corrected chi connectivity index (χ2v) is 5.59. The number of nitrogens with zero attached hydrogens (tertiary/aromatic N) is 3. The van der Waals surface area contributed by atoms with E-state index >= 15 is 0 Å². The van der Waals surface area contributed by atoms with Crippen molar-refractivity contribution < 1.29 is 14.3 Å². The van der Waals surface area contributed by atoms with E-state index in [0.717, 1.165) is 24.5 Å². The molecule has 3 heterocycles. The van der Waals surface area contributed by atoms with E-state index in [1.54, 1.807) is 24.5 Å². The second kappa shape index (κ2) is 8.43. The van der Waals surface area contributed by atoms with Gasteiger partial charge in [0.2, 0.25) is 5.88 Å². The first-order valence-corrected chi connectivity index (χ1v) is 8.41. The molecule has 0 atom stereocenters. The number of hydrogen-bond donors (Lipinski definition) is 1. The second-order valence-electron chi connectivity index (χ2n) is 5.59. The molecule has 7 nitrogen and oxygen atoms in total. The average Bonchev–Trinajstić information content (AvgIpc) is 2.68. The number of rotatable bonds is 6. The Kier molecular flexibility index (Phi) is 5.79. The number of hydrogen-bond acceptors (Lipinski definition) is 6. The lowest BCUT2D eigenvalue weighted by atomic mass is 10.2. The molecule has 1 saturated heterocycles. The highest BCUT2D eigenvalue weighted by Gasteiger charge is 2.15. The minimum atomic E-state index is -0.207. The molecule has 3 rings (SSSR count). The number of carbonyl (C=O) groups is 1. The number of aromatic nitrogens is 2. The van der Waals surface area contributed by atoms with Crippen LogP contribution in [0.3, 0.4) is 0 Å². The van der Waals surface area contributed by atoms with E-state index in [-0.39, 0.29) is 5.91 Å². The highest BCUT2D eigenvalue weighted by molar-refractivity contribution is 5.96. The van der Waals surface area contributed by atoms with Crippen molar-refractivity contribution in [1.29, 1.82) is 0 Å². The van der Waals surface area contributed by atoms with Crippen molar-refractivity contribution in [1.82, 2.24) is 15.3 Å². The number of morpholine rings is 1. The quantitative estimate of drug-likeness (QED) is 0.860. The third kappa shape index (κ3) is 4.45. The van der Waals surface area contributed by atoms with E-state index in [2.05, 4.69) is 20.2 Å². The third-order valence-electron chi connectivity index (χ3n) is 3.89. The minimum absolute atomic E-state index is 0.207. The molecule has 1 N–H and O–H groups in total. The lowest BCUT2D eigenvalue weighted by Gasteiger charge is -2.28. The van der Waals surface area contributed by atoms with Gasteiger partial charge < -0.3 is 19.7 Å². The minimum Gasteiger partial charge on any atom is -0.477 e. The Hall–Kier alpha value is -2.67. The van der Waals surface area contributed by atoms with Gasteiger partial charge in [0.05, 0.1) is 19.8 Å². The zero-order valence-corrected chi connectivity index (χ0v) is 14.3. The number of anilines is 1. The van der Waals surface area contributed by atoms with Gasteiger partial charge in [-0.05, 0) is 36.8 Å². The zero-order valence-electron chi connectivity index (χ0n) is 14.3. The van der Waals surface area contributed by atoms with Gasteiger partial charge in [0, 0.05) is 32.0 Å². The highest BCUT2D eigenvalue weighted by Crippen LogP contribution is 2.16. The Morgan fingerprint density at radius 1 is 1.28 bits per heavy atom. The normalized spacial score (nSPS) is 14.2. The van der Waals surface area contributed by atoms with Crippen LogP contribution in [0, 0.1) is 0 Å². The number of pyridine rings is 2. The van der Waals surface area contributed by atoms with E-state index in [1.165, 1.54) is 0 Å². The monoisotopic (exact) mass is 342 g/mol. The van der Waals surface area contributed by atoms with Crippen LogP contribution in [0.2, 0.25) is 0 Å². The molecule has 0 aliphatic carbocycles. The van der Waals surface area contributed by atoms with Crippen molar-refractivity contribution in [2.75, 3.05) is 37.8 Å². The van der Waals surface area contributed by atoms with E-state index in [4.69, 9.17) is 9.47 Å². The summed E-state index contributed by atoms with van der Waals surface area (Å²) in [5, 5.41) is 2.91. The Labute approximate surface area is 147 Å². The molecule has 1 fully saturated rings. The fourth-order valence-corrected chi connectivity index (χ4v) is 2.63. The number of ether oxygens (including phenoxy) is 2. The number of amides is 1. The van der Waals surface area contributed by atoms with E-state index in [9.17, 15) is 4.79 Å². The van der Waals surface area contributed by atoms with Crippen LogP contribution < -0.4 is 15.0 Å². The van der Waals surface area contributed by atoms with Gasteiger partial charge in [0.1, 0.15) is 11.4 Å². The Bertz CT molecular complexity index is 717. The fraction of sp³-hybridized carbons (Fsp3) is 0.389. The molecule has 0 aromatic carbocycles. The molecule has 0 radical (unpaired) electrons. The van der Waals surface area contributed by atoms with Crippen molar-refractivity contribution >= 4 is 11.7 Å². The summed E-state index contributed by atoms with van der Waals surface area (Å²) in [5.41, 5.74) is 1.43. The average molecular weight is 342 g/mol. The summed E-state index contributed by atoms with van der Waals surface area (Å²) >= 11 is 0. The van der Waals surface area contributed by atoms with Crippen LogP contribution in [0.4, 0.5) is 5.82 Å². The highest BCUT2D eigenvalue weighted by atomic mass is 16.5. The van der Waals surface area contributed by atoms with Gasteiger partial charge in [-0.15, -0.1) is 0 Å². The molecule has 1 aliphatic rings. The Morgan fingerprint density at radius 3 is 2.92 bits per heavy atom. The first-order valence-electron chi connectivity index (χ1n) is 8.41. The van der Waals surface area contributed by atoms with Crippen molar-refractivity contribution in [3.8, 4) is 5.88 Å². The molecule has 1 amide bonds. The van der Waals surface area contributed by atoms with Gasteiger partial charge in [-0.1, -0.05) is 0 Å². The first-order chi connectivity index (χ1) is 12.3. The molecule has 0 saturated carbocycles. The van der Waals surface area contributed by atoms with Crippen LogP contribution >= 0.6 is 0 Å². The van der Waals surface area contributed by atoms with Crippen LogP contribution in [-0.2, 0) is 11.3 Å². The number of carbonyl (C=O) groups excluding carboxylic acids is 1. The maximum absolute atomic E-state index is 12.4. The summed E-state index contributed by atoms with van der Waals surface area (Å²) in [5.74, 6) is 1.05. The summed E-state index contributed by atoms with van der Waals surface area (Å²) in [4.78, 5) is 23.1. The van der Waals surface area contributed by atoms with Crippen LogP contribution in [0.15, 0.2) is 36.7 Å². The van der Waals surface area contributed by atoms with Crippen LogP contribution in [0.25, 0.3) is 0 Å². The maximum Gasteiger partial charge on any atom is 0.257 e. The maximum atomic E-state index is 12.4. The smallest absolute Gasteiger partial charge is 0.257 e. The number of nitrogens with one attached hydrogen (secondary N) is 1. The van der Waals surface area contributed by atoms with E-state index < -0.39 is 0 Å². The largest absolute Gasteiger partial charge is 0.477 e. The Morgan fingerprint density at radius 2 is 2.12 bits per heavy atom. The zero-order chi connectivity index (χ0) is 17.5. The molecule has 7 heteroatoms. The summed E-state index contributed by atoms with van der Waals surface area (Å²) < 4.78 is 10.8. The lowest BCUT2D eigenvalue weighted by Crippen LogP contribution is -2.36. The van der Waals surface area contributed by atoms with Crippen LogP contribution in [0.1, 0.15) is 22.8 Å². The fourth-order valence-electron chi connectivity index (χ4n) is 2.63. The molecule has 2 aromatic heterocycles. The molecular formula is C18H22N4O3. The lowest BCUT2D eigenvalue weighted by molar-refractivity contribution is 0.0946. The summed E-state index contributed by atoms with van der Waals surface area (Å²) in [6, 6.07) is 7.33. The standard InChI is InChI=1S/C18H22N4O3/c1-2-25-18-15(4-3-6-20-18)17(23)21-13-14-5-7-19-16(12-14)22-8-10-24-11-9-22/h3-7,12H,2,8-11,13H2,1H3,(H,21,23). The van der Waals surface area contributed by atoms with Gasteiger partial charge >= 0.3 is 0 Å². The Balaban J connectivity index is 1.64. The van der Waals surface area contributed by atoms with Gasteiger partial charge in [0.15, 0.2) is 0 Å². The molecule has 1 aliphatic heterocycles. The molecule has 0 unspecified atom stereocenters.